The van der Waals surface area contributed by atoms with Gasteiger partial charge in [0.2, 0.25) is 5.88 Å². The SMILES string of the molecule is CCC(=O)c1cnc(Nc2cnc(OC3CCN(C)CC3)cn2)cc1Nc1cccc(-c2ncn(C)n2)c1OC. The highest BCUT2D eigenvalue weighted by Gasteiger charge is 2.20. The quantitative estimate of drug-likeness (QED) is 0.279. The van der Waals surface area contributed by atoms with Gasteiger partial charge < -0.3 is 25.0 Å². The number of aryl methyl sites for hydroxylation is 1. The third-order valence-electron chi connectivity index (χ3n) is 6.69. The van der Waals surface area contributed by atoms with E-state index in [-0.39, 0.29) is 11.9 Å². The Balaban J connectivity index is 1.37. The molecule has 40 heavy (non-hydrogen) atoms. The molecule has 2 N–H and O–H groups in total. The lowest BCUT2D eigenvalue weighted by Crippen LogP contribution is -2.35. The number of piperidine rings is 1. The number of benzene rings is 1. The molecule has 4 aromatic rings. The Kier molecular flexibility index (Phi) is 8.15. The summed E-state index contributed by atoms with van der Waals surface area (Å²) in [5.74, 6) is 2.54. The molecule has 0 amide bonds. The molecule has 3 aromatic heterocycles. The van der Waals surface area contributed by atoms with Crippen LogP contribution < -0.4 is 20.1 Å². The highest BCUT2D eigenvalue weighted by Crippen LogP contribution is 2.37. The van der Waals surface area contributed by atoms with Crippen molar-refractivity contribution in [2.75, 3.05) is 37.9 Å². The lowest BCUT2D eigenvalue weighted by Gasteiger charge is -2.28. The predicted octanol–water partition coefficient (Wildman–Crippen LogP) is 4.23. The first-order valence-corrected chi connectivity index (χ1v) is 13.2. The number of methoxy groups -OCH3 is 1. The van der Waals surface area contributed by atoms with Gasteiger partial charge in [0.1, 0.15) is 24.1 Å². The first-order chi connectivity index (χ1) is 19.4. The number of Topliss-reactive ketones (excluding diaryl/α,β-unsaturated/α-hetero) is 1. The van der Waals surface area contributed by atoms with Gasteiger partial charge in [-0.1, -0.05) is 13.0 Å². The molecule has 0 atom stereocenters. The van der Waals surface area contributed by atoms with Gasteiger partial charge in [-0.3, -0.25) is 9.48 Å². The van der Waals surface area contributed by atoms with Crippen LogP contribution in [0, 0.1) is 0 Å². The standard InChI is InChI=1S/C28H33N9O3/c1-5-23(38)20-14-29-24(34-25-15-31-26(16-30-25)40-18-9-11-36(2)12-10-18)13-22(20)33-21-8-6-7-19(27(21)39-4)28-32-17-37(3)35-28/h6-8,13-18H,5,9-12H2,1-4H3,(H2,29,30,33,34). The molecule has 1 fully saturated rings. The number of nitrogens with zero attached hydrogens (tertiary/aromatic N) is 7. The zero-order valence-corrected chi connectivity index (χ0v) is 23.1. The van der Waals surface area contributed by atoms with Gasteiger partial charge in [-0.2, -0.15) is 5.10 Å². The first kappa shape index (κ1) is 27.0. The van der Waals surface area contributed by atoms with Crippen LogP contribution in [0.2, 0.25) is 0 Å². The van der Waals surface area contributed by atoms with Crippen molar-refractivity contribution in [3.63, 3.8) is 0 Å². The average molecular weight is 544 g/mol. The van der Waals surface area contributed by atoms with E-state index < -0.39 is 0 Å². The number of carbonyl (C=O) groups is 1. The second kappa shape index (κ2) is 12.1. The van der Waals surface area contributed by atoms with E-state index in [1.165, 1.54) is 0 Å². The molecule has 1 aliphatic rings. The topological polar surface area (TPSA) is 132 Å². The maximum Gasteiger partial charge on any atom is 0.232 e. The largest absolute Gasteiger partial charge is 0.494 e. The van der Waals surface area contributed by atoms with E-state index in [9.17, 15) is 4.79 Å². The molecule has 1 saturated heterocycles. The maximum atomic E-state index is 12.8. The van der Waals surface area contributed by atoms with Crippen LogP contribution in [0.5, 0.6) is 11.6 Å². The van der Waals surface area contributed by atoms with Crippen LogP contribution in [0.25, 0.3) is 11.4 Å². The van der Waals surface area contributed by atoms with Crippen molar-refractivity contribution in [1.29, 1.82) is 0 Å². The second-order valence-electron chi connectivity index (χ2n) is 9.63. The summed E-state index contributed by atoms with van der Waals surface area (Å²) in [6.07, 6.45) is 8.81. The molecule has 0 spiro atoms. The number of anilines is 4. The van der Waals surface area contributed by atoms with Crippen LogP contribution in [0.3, 0.4) is 0 Å². The number of ether oxygens (including phenoxy) is 2. The number of likely N-dealkylation sites (tertiary alicyclic amines) is 1. The van der Waals surface area contributed by atoms with Crippen LogP contribution in [-0.2, 0) is 7.05 Å². The minimum Gasteiger partial charge on any atom is -0.494 e. The molecule has 12 heteroatoms. The van der Waals surface area contributed by atoms with Gasteiger partial charge in [-0.15, -0.1) is 0 Å². The lowest BCUT2D eigenvalue weighted by molar-refractivity contribution is 0.0988. The Morgan fingerprint density at radius 3 is 2.48 bits per heavy atom. The van der Waals surface area contributed by atoms with Crippen LogP contribution in [-0.4, -0.2) is 73.8 Å². The van der Waals surface area contributed by atoms with Gasteiger partial charge >= 0.3 is 0 Å². The molecule has 4 heterocycles. The predicted molar refractivity (Wildman–Crippen MR) is 152 cm³/mol. The number of rotatable bonds is 10. The number of aromatic nitrogens is 6. The molecule has 0 radical (unpaired) electrons. The number of para-hydroxylation sites is 1. The zero-order chi connectivity index (χ0) is 28.1. The summed E-state index contributed by atoms with van der Waals surface area (Å²) in [4.78, 5) is 32.7. The number of carbonyl (C=O) groups excluding carboxylic acids is 1. The maximum absolute atomic E-state index is 12.8. The van der Waals surface area contributed by atoms with Gasteiger partial charge in [0.15, 0.2) is 17.4 Å². The van der Waals surface area contributed by atoms with Gasteiger partial charge in [0.05, 0.1) is 42.0 Å². The molecule has 0 aliphatic carbocycles. The Labute approximate surface area is 232 Å². The van der Waals surface area contributed by atoms with Crippen molar-refractivity contribution in [2.24, 2.45) is 7.05 Å². The fourth-order valence-corrected chi connectivity index (χ4v) is 4.53. The minimum atomic E-state index is -0.0433. The summed E-state index contributed by atoms with van der Waals surface area (Å²) in [6.45, 7) is 3.83. The fourth-order valence-electron chi connectivity index (χ4n) is 4.53. The van der Waals surface area contributed by atoms with Crippen molar-refractivity contribution in [3.8, 4) is 23.0 Å². The Bertz CT molecular complexity index is 1460. The van der Waals surface area contributed by atoms with Crippen molar-refractivity contribution in [1.82, 2.24) is 34.6 Å². The Hall–Kier alpha value is -4.58. The van der Waals surface area contributed by atoms with E-state index >= 15 is 0 Å². The van der Waals surface area contributed by atoms with E-state index in [1.54, 1.807) is 49.8 Å². The summed E-state index contributed by atoms with van der Waals surface area (Å²) in [5.41, 5.74) is 2.42. The van der Waals surface area contributed by atoms with Crippen molar-refractivity contribution in [2.45, 2.75) is 32.3 Å². The van der Waals surface area contributed by atoms with E-state index in [0.29, 0.717) is 52.4 Å². The third kappa shape index (κ3) is 6.18. The van der Waals surface area contributed by atoms with Crippen molar-refractivity contribution < 1.29 is 14.3 Å². The summed E-state index contributed by atoms with van der Waals surface area (Å²) in [6, 6.07) is 7.39. The first-order valence-electron chi connectivity index (χ1n) is 13.2. The highest BCUT2D eigenvalue weighted by atomic mass is 16.5. The number of ketones is 1. The normalized spacial score (nSPS) is 14.1. The molecule has 1 aliphatic heterocycles. The van der Waals surface area contributed by atoms with Gasteiger partial charge in [0.25, 0.3) is 0 Å². The number of nitrogens with one attached hydrogen (secondary N) is 2. The fraction of sp³-hybridized carbons (Fsp3) is 0.357. The number of hydrogen-bond acceptors (Lipinski definition) is 11. The molecule has 0 bridgehead atoms. The molecular formula is C28H33N9O3. The summed E-state index contributed by atoms with van der Waals surface area (Å²) >= 11 is 0. The van der Waals surface area contributed by atoms with Gasteiger partial charge in [-0.25, -0.2) is 19.9 Å². The van der Waals surface area contributed by atoms with Gasteiger partial charge in [-0.05, 0) is 32.0 Å². The van der Waals surface area contributed by atoms with Crippen LogP contribution in [0.1, 0.15) is 36.5 Å². The zero-order valence-electron chi connectivity index (χ0n) is 23.1. The lowest BCUT2D eigenvalue weighted by atomic mass is 10.1. The van der Waals surface area contributed by atoms with E-state index in [2.05, 4.69) is 47.6 Å². The molecular weight excluding hydrogens is 510 g/mol. The minimum absolute atomic E-state index is 0.0433. The Morgan fingerprint density at radius 1 is 1.00 bits per heavy atom. The molecule has 0 unspecified atom stereocenters. The summed E-state index contributed by atoms with van der Waals surface area (Å²) in [5, 5.41) is 10.9. The van der Waals surface area contributed by atoms with Crippen LogP contribution >= 0.6 is 0 Å². The van der Waals surface area contributed by atoms with Crippen LogP contribution in [0.4, 0.5) is 23.0 Å². The molecule has 5 rings (SSSR count). The Morgan fingerprint density at radius 2 is 1.80 bits per heavy atom. The van der Waals surface area contributed by atoms with Crippen molar-refractivity contribution in [3.05, 3.63) is 54.7 Å². The molecule has 12 nitrogen and oxygen atoms in total. The average Bonchev–Trinajstić information content (AvgIpc) is 3.41. The highest BCUT2D eigenvalue weighted by molar-refractivity contribution is 6.02. The molecule has 0 saturated carbocycles. The summed E-state index contributed by atoms with van der Waals surface area (Å²) in [7, 11) is 5.51. The third-order valence-corrected chi connectivity index (χ3v) is 6.69. The van der Waals surface area contributed by atoms with E-state index in [1.807, 2.05) is 25.1 Å². The smallest absolute Gasteiger partial charge is 0.232 e. The van der Waals surface area contributed by atoms with E-state index in [0.717, 1.165) is 31.5 Å². The second-order valence-corrected chi connectivity index (χ2v) is 9.63. The van der Waals surface area contributed by atoms with E-state index in [4.69, 9.17) is 9.47 Å². The van der Waals surface area contributed by atoms with Crippen molar-refractivity contribution >= 4 is 28.8 Å². The molecule has 1 aromatic carbocycles. The van der Waals surface area contributed by atoms with Gasteiger partial charge in [0, 0.05) is 38.8 Å². The monoisotopic (exact) mass is 543 g/mol. The number of hydrogen-bond donors (Lipinski definition) is 2. The summed E-state index contributed by atoms with van der Waals surface area (Å²) < 4.78 is 13.4. The van der Waals surface area contributed by atoms with Crippen LogP contribution in [0.15, 0.2) is 49.2 Å². The number of pyridine rings is 1. The molecule has 208 valence electrons.